The first-order chi connectivity index (χ1) is 7.53. The van der Waals surface area contributed by atoms with Crippen LogP contribution in [0.5, 0.6) is 0 Å². The first kappa shape index (κ1) is 13.5. The van der Waals surface area contributed by atoms with Crippen molar-refractivity contribution in [1.82, 2.24) is 5.32 Å². The number of ether oxygens (including phenoxy) is 2. The molecule has 0 saturated carbocycles. The van der Waals surface area contributed by atoms with Crippen molar-refractivity contribution in [3.8, 4) is 0 Å². The number of rotatable bonds is 6. The number of nitrogens with one attached hydrogen (secondary N) is 1. The first-order valence-electron chi connectivity index (χ1n) is 5.98. The fraction of sp³-hybridized carbons (Fsp3) is 0.917. The molecule has 0 spiro atoms. The van der Waals surface area contributed by atoms with E-state index < -0.39 is 0 Å². The second-order valence-electron chi connectivity index (χ2n) is 4.93. The van der Waals surface area contributed by atoms with E-state index in [2.05, 4.69) is 5.32 Å². The van der Waals surface area contributed by atoms with Crippen molar-refractivity contribution in [3.05, 3.63) is 0 Å². The Morgan fingerprint density at radius 3 is 2.81 bits per heavy atom. The van der Waals surface area contributed by atoms with Crippen molar-refractivity contribution in [2.75, 3.05) is 20.3 Å². The number of methoxy groups -OCH3 is 1. The normalized spacial score (nSPS) is 21.1. The average Bonchev–Trinajstić information content (AvgIpc) is 2.70. The van der Waals surface area contributed by atoms with Crippen molar-refractivity contribution in [1.29, 1.82) is 0 Å². The van der Waals surface area contributed by atoms with Gasteiger partial charge in [-0.05, 0) is 33.2 Å². The number of carbonyl (C=O) groups is 1. The quantitative estimate of drug-likeness (QED) is 0.701. The van der Waals surface area contributed by atoms with Crippen LogP contribution in [0.2, 0.25) is 0 Å². The summed E-state index contributed by atoms with van der Waals surface area (Å²) in [6.45, 7) is 5.43. The highest BCUT2D eigenvalue weighted by Gasteiger charge is 2.20. The van der Waals surface area contributed by atoms with E-state index in [1.165, 1.54) is 0 Å². The van der Waals surface area contributed by atoms with Gasteiger partial charge in [0.25, 0.3) is 0 Å². The number of carbonyl (C=O) groups excluding carboxylic acids is 1. The lowest BCUT2D eigenvalue weighted by atomic mass is 10.1. The van der Waals surface area contributed by atoms with Crippen molar-refractivity contribution in [2.24, 2.45) is 0 Å². The standard InChI is InChI=1S/C12H23NO3/c1-12(2,15-3)6-8-16-11(14)9-10-5-4-7-13-10/h10,13H,4-9H2,1-3H3. The van der Waals surface area contributed by atoms with Gasteiger partial charge in [0.1, 0.15) is 0 Å². The molecule has 1 unspecified atom stereocenters. The molecule has 16 heavy (non-hydrogen) atoms. The van der Waals surface area contributed by atoms with Crippen LogP contribution < -0.4 is 5.32 Å². The summed E-state index contributed by atoms with van der Waals surface area (Å²) in [6.07, 6.45) is 3.47. The summed E-state index contributed by atoms with van der Waals surface area (Å²) in [6, 6.07) is 0.322. The summed E-state index contributed by atoms with van der Waals surface area (Å²) < 4.78 is 10.4. The summed E-state index contributed by atoms with van der Waals surface area (Å²) in [5, 5.41) is 3.28. The lowest BCUT2D eigenvalue weighted by Gasteiger charge is -2.22. The molecule has 0 amide bonds. The molecule has 1 fully saturated rings. The monoisotopic (exact) mass is 229 g/mol. The van der Waals surface area contributed by atoms with Gasteiger partial charge in [0, 0.05) is 19.6 Å². The largest absolute Gasteiger partial charge is 0.466 e. The molecule has 4 heteroatoms. The zero-order valence-corrected chi connectivity index (χ0v) is 10.5. The van der Waals surface area contributed by atoms with Crippen LogP contribution in [0.4, 0.5) is 0 Å². The van der Waals surface area contributed by atoms with Gasteiger partial charge in [0.2, 0.25) is 0 Å². The van der Waals surface area contributed by atoms with Gasteiger partial charge >= 0.3 is 5.97 Å². The maximum Gasteiger partial charge on any atom is 0.307 e. The Kier molecular flexibility index (Phi) is 5.22. The van der Waals surface area contributed by atoms with Crippen LogP contribution in [-0.4, -0.2) is 37.9 Å². The molecule has 1 aliphatic rings. The van der Waals surface area contributed by atoms with Crippen LogP contribution in [0.3, 0.4) is 0 Å². The molecule has 94 valence electrons. The van der Waals surface area contributed by atoms with E-state index >= 15 is 0 Å². The van der Waals surface area contributed by atoms with E-state index in [1.54, 1.807) is 7.11 Å². The number of hydrogen-bond acceptors (Lipinski definition) is 4. The van der Waals surface area contributed by atoms with Crippen molar-refractivity contribution in [2.45, 2.75) is 51.2 Å². The molecule has 0 aromatic rings. The summed E-state index contributed by atoms with van der Waals surface area (Å²) in [4.78, 5) is 11.5. The van der Waals surface area contributed by atoms with Gasteiger partial charge in [-0.2, -0.15) is 0 Å². The Labute approximate surface area is 97.7 Å². The van der Waals surface area contributed by atoms with E-state index in [-0.39, 0.29) is 11.6 Å². The molecule has 1 atom stereocenters. The Balaban J connectivity index is 2.10. The molecule has 4 nitrogen and oxygen atoms in total. The van der Waals surface area contributed by atoms with Crippen LogP contribution in [0.25, 0.3) is 0 Å². The average molecular weight is 229 g/mol. The van der Waals surface area contributed by atoms with E-state index in [9.17, 15) is 4.79 Å². The molecule has 0 bridgehead atoms. The van der Waals surface area contributed by atoms with Gasteiger partial charge in [-0.1, -0.05) is 0 Å². The second-order valence-corrected chi connectivity index (χ2v) is 4.93. The Hall–Kier alpha value is -0.610. The van der Waals surface area contributed by atoms with Gasteiger partial charge in [-0.3, -0.25) is 4.79 Å². The summed E-state index contributed by atoms with van der Waals surface area (Å²) in [5.41, 5.74) is -0.216. The van der Waals surface area contributed by atoms with Crippen LogP contribution in [0, 0.1) is 0 Å². The highest BCUT2D eigenvalue weighted by atomic mass is 16.5. The molecule has 0 radical (unpaired) electrons. The van der Waals surface area contributed by atoms with E-state index in [4.69, 9.17) is 9.47 Å². The molecule has 1 rings (SSSR count). The van der Waals surface area contributed by atoms with Crippen LogP contribution in [0.15, 0.2) is 0 Å². The smallest absolute Gasteiger partial charge is 0.307 e. The lowest BCUT2D eigenvalue weighted by Crippen LogP contribution is -2.28. The first-order valence-corrected chi connectivity index (χ1v) is 5.98. The maximum atomic E-state index is 11.5. The zero-order chi connectivity index (χ0) is 12.0. The minimum absolute atomic E-state index is 0.105. The maximum absolute atomic E-state index is 11.5. The van der Waals surface area contributed by atoms with Crippen molar-refractivity contribution in [3.63, 3.8) is 0 Å². The van der Waals surface area contributed by atoms with Crippen LogP contribution in [0.1, 0.15) is 39.5 Å². The molecule has 1 N–H and O–H groups in total. The third kappa shape index (κ3) is 4.94. The summed E-state index contributed by atoms with van der Waals surface area (Å²) in [5.74, 6) is -0.105. The Morgan fingerprint density at radius 1 is 1.50 bits per heavy atom. The molecular weight excluding hydrogens is 206 g/mol. The fourth-order valence-corrected chi connectivity index (χ4v) is 1.70. The van der Waals surface area contributed by atoms with Crippen LogP contribution in [-0.2, 0) is 14.3 Å². The fourth-order valence-electron chi connectivity index (χ4n) is 1.70. The second kappa shape index (κ2) is 6.21. The molecule has 1 heterocycles. The Morgan fingerprint density at radius 2 is 2.25 bits per heavy atom. The molecular formula is C12H23NO3. The Bertz CT molecular complexity index is 222. The SMILES string of the molecule is COC(C)(C)CCOC(=O)CC1CCCN1. The topological polar surface area (TPSA) is 47.6 Å². The van der Waals surface area contributed by atoms with Gasteiger partial charge in [-0.15, -0.1) is 0 Å². The molecule has 0 aromatic heterocycles. The lowest BCUT2D eigenvalue weighted by molar-refractivity contribution is -0.145. The van der Waals surface area contributed by atoms with Crippen molar-refractivity contribution >= 4 is 5.97 Å². The zero-order valence-electron chi connectivity index (χ0n) is 10.5. The van der Waals surface area contributed by atoms with E-state index in [0.29, 0.717) is 19.1 Å². The third-order valence-corrected chi connectivity index (χ3v) is 3.10. The predicted octanol–water partition coefficient (Wildman–Crippen LogP) is 1.49. The predicted molar refractivity (Wildman–Crippen MR) is 62.3 cm³/mol. The van der Waals surface area contributed by atoms with Gasteiger partial charge in [0.05, 0.1) is 18.6 Å². The van der Waals surface area contributed by atoms with E-state index in [1.807, 2.05) is 13.8 Å². The molecule has 1 saturated heterocycles. The van der Waals surface area contributed by atoms with Gasteiger partial charge in [0.15, 0.2) is 0 Å². The van der Waals surface area contributed by atoms with Crippen LogP contribution >= 0.6 is 0 Å². The minimum atomic E-state index is -0.216. The highest BCUT2D eigenvalue weighted by Crippen LogP contribution is 2.13. The number of hydrogen-bond donors (Lipinski definition) is 1. The molecule has 0 aromatic carbocycles. The van der Waals surface area contributed by atoms with Crippen molar-refractivity contribution < 1.29 is 14.3 Å². The summed E-state index contributed by atoms with van der Waals surface area (Å²) in [7, 11) is 1.67. The van der Waals surface area contributed by atoms with E-state index in [0.717, 1.165) is 25.8 Å². The summed E-state index contributed by atoms with van der Waals surface area (Å²) >= 11 is 0. The number of esters is 1. The molecule has 0 aliphatic carbocycles. The third-order valence-electron chi connectivity index (χ3n) is 3.10. The van der Waals surface area contributed by atoms with Gasteiger partial charge < -0.3 is 14.8 Å². The molecule has 1 aliphatic heterocycles. The van der Waals surface area contributed by atoms with Gasteiger partial charge in [-0.25, -0.2) is 0 Å². The highest BCUT2D eigenvalue weighted by molar-refractivity contribution is 5.70. The minimum Gasteiger partial charge on any atom is -0.466 e.